The van der Waals surface area contributed by atoms with E-state index < -0.39 is 6.09 Å². The summed E-state index contributed by atoms with van der Waals surface area (Å²) in [5, 5.41) is 17.8. The summed E-state index contributed by atoms with van der Waals surface area (Å²) in [5.74, 6) is 0.870. The highest BCUT2D eigenvalue weighted by atomic mass is 16.4. The lowest BCUT2D eigenvalue weighted by molar-refractivity contribution is 0.150. The van der Waals surface area contributed by atoms with Crippen LogP contribution in [0, 0.1) is 16.7 Å². The highest BCUT2D eigenvalue weighted by Crippen LogP contribution is 2.40. The van der Waals surface area contributed by atoms with Crippen molar-refractivity contribution in [3.05, 3.63) is 23.9 Å². The van der Waals surface area contributed by atoms with Crippen molar-refractivity contribution in [3.63, 3.8) is 0 Å². The highest BCUT2D eigenvalue weighted by Gasteiger charge is 2.45. The summed E-state index contributed by atoms with van der Waals surface area (Å²) >= 11 is 0. The van der Waals surface area contributed by atoms with Crippen LogP contribution in [0.5, 0.6) is 0 Å². The minimum absolute atomic E-state index is 0.0774. The molecule has 1 N–H and O–H groups in total. The van der Waals surface area contributed by atoms with E-state index in [-0.39, 0.29) is 5.41 Å². The molecule has 2 aliphatic rings. The van der Waals surface area contributed by atoms with Gasteiger partial charge in [-0.05, 0) is 25.0 Å². The zero-order chi connectivity index (χ0) is 14.2. The molecule has 6 nitrogen and oxygen atoms in total. The third-order valence-electron chi connectivity index (χ3n) is 4.35. The van der Waals surface area contributed by atoms with Crippen LogP contribution >= 0.6 is 0 Å². The number of hydrogen-bond acceptors (Lipinski definition) is 4. The first kappa shape index (κ1) is 12.7. The maximum atomic E-state index is 11.0. The second kappa shape index (κ2) is 4.67. The van der Waals surface area contributed by atoms with Crippen LogP contribution in [0.4, 0.5) is 10.6 Å². The molecule has 0 saturated carbocycles. The van der Waals surface area contributed by atoms with Gasteiger partial charge in [-0.1, -0.05) is 0 Å². The quantitative estimate of drug-likeness (QED) is 0.838. The fraction of sp³-hybridized carbons (Fsp3) is 0.500. The summed E-state index contributed by atoms with van der Waals surface area (Å²) in [6, 6.07) is 5.69. The number of anilines is 1. The van der Waals surface area contributed by atoms with Crippen LogP contribution in [-0.4, -0.2) is 47.3 Å². The minimum atomic E-state index is -0.822. The molecule has 0 bridgehead atoms. The molecule has 1 spiro atoms. The molecular weight excluding hydrogens is 256 g/mol. The molecule has 20 heavy (non-hydrogen) atoms. The van der Waals surface area contributed by atoms with E-state index in [1.165, 1.54) is 4.90 Å². The zero-order valence-corrected chi connectivity index (χ0v) is 11.1. The molecule has 1 aromatic heterocycles. The lowest BCUT2D eigenvalue weighted by atomic mass is 9.86. The van der Waals surface area contributed by atoms with Crippen LogP contribution in [0.25, 0.3) is 0 Å². The van der Waals surface area contributed by atoms with Gasteiger partial charge in [-0.2, -0.15) is 5.26 Å². The van der Waals surface area contributed by atoms with Gasteiger partial charge in [0.1, 0.15) is 11.9 Å². The molecule has 3 rings (SSSR count). The monoisotopic (exact) mass is 272 g/mol. The van der Waals surface area contributed by atoms with E-state index in [0.29, 0.717) is 18.7 Å². The molecule has 0 radical (unpaired) electrons. The third kappa shape index (κ3) is 2.16. The molecule has 1 atom stereocenters. The van der Waals surface area contributed by atoms with Gasteiger partial charge in [0.15, 0.2) is 0 Å². The Morgan fingerprint density at radius 2 is 2.15 bits per heavy atom. The van der Waals surface area contributed by atoms with Crippen molar-refractivity contribution in [1.29, 1.82) is 5.26 Å². The number of carbonyl (C=O) groups is 1. The van der Waals surface area contributed by atoms with Crippen molar-refractivity contribution in [3.8, 4) is 6.07 Å². The maximum Gasteiger partial charge on any atom is 0.407 e. The third-order valence-corrected chi connectivity index (χ3v) is 4.35. The van der Waals surface area contributed by atoms with Crippen molar-refractivity contribution in [1.82, 2.24) is 9.88 Å². The van der Waals surface area contributed by atoms with Gasteiger partial charge >= 0.3 is 6.09 Å². The zero-order valence-electron chi connectivity index (χ0n) is 11.1. The second-order valence-electron chi connectivity index (χ2n) is 5.64. The smallest absolute Gasteiger partial charge is 0.407 e. The Morgan fingerprint density at radius 1 is 1.35 bits per heavy atom. The van der Waals surface area contributed by atoms with Crippen LogP contribution < -0.4 is 4.90 Å². The molecule has 104 valence electrons. The summed E-state index contributed by atoms with van der Waals surface area (Å²) in [4.78, 5) is 19.0. The molecule has 3 heterocycles. The summed E-state index contributed by atoms with van der Waals surface area (Å²) in [5.41, 5.74) is 0.633. The number of amides is 1. The standard InChI is InChI=1S/C14H16N4O2/c15-7-11-1-2-12(16-8-11)17-5-3-14(9-17)4-6-18(10-14)13(19)20/h1-2,8H,3-6,9-10H2,(H,19,20). The summed E-state index contributed by atoms with van der Waals surface area (Å²) in [7, 11) is 0. The Balaban J connectivity index is 1.70. The number of rotatable bonds is 1. The fourth-order valence-corrected chi connectivity index (χ4v) is 3.20. The lowest BCUT2D eigenvalue weighted by Gasteiger charge is -2.24. The Labute approximate surface area is 117 Å². The first-order valence-corrected chi connectivity index (χ1v) is 6.71. The second-order valence-corrected chi connectivity index (χ2v) is 5.64. The normalized spacial score (nSPS) is 25.1. The summed E-state index contributed by atoms with van der Waals surface area (Å²) < 4.78 is 0. The molecule has 2 aliphatic heterocycles. The van der Waals surface area contributed by atoms with Gasteiger partial charge < -0.3 is 14.9 Å². The van der Waals surface area contributed by atoms with Crippen LogP contribution in [0.3, 0.4) is 0 Å². The number of carboxylic acid groups (broad SMARTS) is 1. The van der Waals surface area contributed by atoms with Gasteiger partial charge in [0.25, 0.3) is 0 Å². The number of likely N-dealkylation sites (tertiary alicyclic amines) is 1. The van der Waals surface area contributed by atoms with Gasteiger partial charge in [0, 0.05) is 37.8 Å². The van der Waals surface area contributed by atoms with E-state index in [2.05, 4.69) is 16.0 Å². The average molecular weight is 272 g/mol. The first-order valence-electron chi connectivity index (χ1n) is 6.71. The van der Waals surface area contributed by atoms with Crippen LogP contribution in [0.15, 0.2) is 18.3 Å². The predicted molar refractivity (Wildman–Crippen MR) is 72.4 cm³/mol. The molecule has 2 fully saturated rings. The molecule has 2 saturated heterocycles. The van der Waals surface area contributed by atoms with Gasteiger partial charge in [-0.25, -0.2) is 9.78 Å². The molecule has 1 aromatic rings. The predicted octanol–water partition coefficient (Wildman–Crippen LogP) is 1.53. The van der Waals surface area contributed by atoms with Gasteiger partial charge in [0.05, 0.1) is 5.56 Å². The Hall–Kier alpha value is -2.29. The minimum Gasteiger partial charge on any atom is -0.465 e. The number of pyridine rings is 1. The van der Waals surface area contributed by atoms with Gasteiger partial charge in [0.2, 0.25) is 0 Å². The molecule has 1 unspecified atom stereocenters. The molecular formula is C14H16N4O2. The van der Waals surface area contributed by atoms with Crippen molar-refractivity contribution in [2.45, 2.75) is 12.8 Å². The van der Waals surface area contributed by atoms with Crippen LogP contribution in [0.2, 0.25) is 0 Å². The Kier molecular flexibility index (Phi) is 2.97. The molecule has 1 amide bonds. The molecule has 0 aromatic carbocycles. The average Bonchev–Trinajstić information content (AvgIpc) is 3.07. The van der Waals surface area contributed by atoms with Crippen molar-refractivity contribution < 1.29 is 9.90 Å². The summed E-state index contributed by atoms with van der Waals surface area (Å²) in [6.07, 6.45) is 2.68. The number of aromatic nitrogens is 1. The Morgan fingerprint density at radius 3 is 2.75 bits per heavy atom. The van der Waals surface area contributed by atoms with Crippen molar-refractivity contribution in [2.75, 3.05) is 31.1 Å². The van der Waals surface area contributed by atoms with E-state index in [1.54, 1.807) is 12.3 Å². The van der Waals surface area contributed by atoms with E-state index in [4.69, 9.17) is 10.4 Å². The van der Waals surface area contributed by atoms with E-state index in [9.17, 15) is 4.79 Å². The van der Waals surface area contributed by atoms with Gasteiger partial charge in [-0.15, -0.1) is 0 Å². The lowest BCUT2D eigenvalue weighted by Crippen LogP contribution is -2.33. The fourth-order valence-electron chi connectivity index (χ4n) is 3.20. The Bertz CT molecular complexity index is 566. The van der Waals surface area contributed by atoms with E-state index >= 15 is 0 Å². The van der Waals surface area contributed by atoms with Crippen molar-refractivity contribution >= 4 is 11.9 Å². The van der Waals surface area contributed by atoms with E-state index in [0.717, 1.165) is 31.7 Å². The summed E-state index contributed by atoms with van der Waals surface area (Å²) in [6.45, 7) is 2.99. The first-order chi connectivity index (χ1) is 9.62. The van der Waals surface area contributed by atoms with E-state index in [1.807, 2.05) is 6.07 Å². The van der Waals surface area contributed by atoms with Crippen LogP contribution in [0.1, 0.15) is 18.4 Å². The largest absolute Gasteiger partial charge is 0.465 e. The molecule has 0 aliphatic carbocycles. The number of nitrogens with zero attached hydrogens (tertiary/aromatic N) is 4. The molecule has 6 heteroatoms. The topological polar surface area (TPSA) is 80.5 Å². The SMILES string of the molecule is N#Cc1ccc(N2CCC3(CCN(C(=O)O)C3)C2)nc1. The number of hydrogen-bond donors (Lipinski definition) is 1. The maximum absolute atomic E-state index is 11.0. The van der Waals surface area contributed by atoms with Gasteiger partial charge in [-0.3, -0.25) is 0 Å². The number of nitriles is 1. The van der Waals surface area contributed by atoms with Crippen molar-refractivity contribution in [2.24, 2.45) is 5.41 Å². The highest BCUT2D eigenvalue weighted by molar-refractivity contribution is 5.65. The van der Waals surface area contributed by atoms with Crippen LogP contribution in [-0.2, 0) is 0 Å².